The lowest BCUT2D eigenvalue weighted by Crippen LogP contribution is -2.39. The average Bonchev–Trinajstić information content (AvgIpc) is 3.49. The van der Waals surface area contributed by atoms with E-state index in [0.29, 0.717) is 24.6 Å². The molecule has 1 unspecified atom stereocenters. The van der Waals surface area contributed by atoms with E-state index in [-0.39, 0.29) is 10.8 Å². The van der Waals surface area contributed by atoms with Gasteiger partial charge in [0.05, 0.1) is 15.1 Å². The number of sulfonamides is 1. The molecule has 0 bridgehead atoms. The maximum absolute atomic E-state index is 13.3. The fourth-order valence-corrected chi connectivity index (χ4v) is 9.32. The van der Waals surface area contributed by atoms with Gasteiger partial charge in [-0.2, -0.15) is 4.31 Å². The van der Waals surface area contributed by atoms with Crippen LogP contribution in [0.3, 0.4) is 0 Å². The molecule has 192 valence electrons. The summed E-state index contributed by atoms with van der Waals surface area (Å²) in [5.41, 5.74) is 3.76. The molecule has 0 saturated carbocycles. The minimum atomic E-state index is -3.56. The second kappa shape index (κ2) is 9.94. The van der Waals surface area contributed by atoms with E-state index in [2.05, 4.69) is 18.3 Å². The average molecular weight is 552 g/mol. The van der Waals surface area contributed by atoms with Gasteiger partial charge in [0.15, 0.2) is 0 Å². The third-order valence-electron chi connectivity index (χ3n) is 7.28. The molecule has 0 radical (unpaired) electrons. The van der Waals surface area contributed by atoms with Crippen LogP contribution in [0.1, 0.15) is 53.4 Å². The van der Waals surface area contributed by atoms with Crippen LogP contribution in [0.25, 0.3) is 20.8 Å². The van der Waals surface area contributed by atoms with Crippen molar-refractivity contribution < 1.29 is 13.2 Å². The van der Waals surface area contributed by atoms with Crippen molar-refractivity contribution in [2.75, 3.05) is 18.4 Å². The number of aromatic nitrogens is 1. The number of nitrogens with zero attached hydrogens (tertiary/aromatic N) is 2. The predicted octanol–water partition coefficient (Wildman–Crippen LogP) is 6.58. The van der Waals surface area contributed by atoms with E-state index in [1.165, 1.54) is 10.4 Å². The van der Waals surface area contributed by atoms with E-state index < -0.39 is 10.0 Å². The van der Waals surface area contributed by atoms with E-state index in [1.807, 2.05) is 18.2 Å². The number of benzene rings is 2. The van der Waals surface area contributed by atoms with Crippen molar-refractivity contribution in [3.05, 3.63) is 64.5 Å². The summed E-state index contributed by atoms with van der Waals surface area (Å²) >= 11 is 3.30. The number of thiophene rings is 1. The first-order valence-electron chi connectivity index (χ1n) is 12.8. The topological polar surface area (TPSA) is 79.4 Å². The summed E-state index contributed by atoms with van der Waals surface area (Å²) in [6.07, 6.45) is 6.25. The Labute approximate surface area is 225 Å². The zero-order valence-corrected chi connectivity index (χ0v) is 23.1. The van der Waals surface area contributed by atoms with Crippen molar-refractivity contribution in [3.8, 4) is 10.6 Å². The summed E-state index contributed by atoms with van der Waals surface area (Å²) in [5, 5.41) is 4.91. The van der Waals surface area contributed by atoms with Crippen molar-refractivity contribution in [1.82, 2.24) is 9.29 Å². The highest BCUT2D eigenvalue weighted by Gasteiger charge is 2.29. The minimum absolute atomic E-state index is 0.236. The maximum Gasteiger partial charge on any atom is 0.256 e. The number of rotatable bonds is 5. The minimum Gasteiger partial charge on any atom is -0.313 e. The standard InChI is InChI=1S/C28H29N3O3S3/c1-18-7-6-16-31(17-18)37(33,34)20-14-12-19(13-15-20)26(32)30-28-25(21-8-2-4-10-23(21)35-28)27-29-22-9-3-5-11-24(22)36-27/h3,5,9,11-15,18H,2,4,6-8,10,16-17H2,1H3,(H,30,32). The van der Waals surface area contributed by atoms with Gasteiger partial charge in [-0.1, -0.05) is 19.1 Å². The zero-order chi connectivity index (χ0) is 25.6. The van der Waals surface area contributed by atoms with Gasteiger partial charge >= 0.3 is 0 Å². The lowest BCUT2D eigenvalue weighted by Gasteiger charge is -2.30. The van der Waals surface area contributed by atoms with Crippen molar-refractivity contribution in [3.63, 3.8) is 0 Å². The third-order valence-corrected chi connectivity index (χ3v) is 11.4. The van der Waals surface area contributed by atoms with Crippen LogP contribution in [0.4, 0.5) is 5.00 Å². The Bertz CT molecular complexity index is 1540. The Morgan fingerprint density at radius 1 is 1.03 bits per heavy atom. The Balaban J connectivity index is 1.28. The number of hydrogen-bond donors (Lipinski definition) is 1. The number of amides is 1. The fraction of sp³-hybridized carbons (Fsp3) is 0.357. The Hall–Kier alpha value is -2.59. The number of piperidine rings is 1. The number of fused-ring (bicyclic) bond motifs is 2. The molecule has 0 spiro atoms. The number of aryl methyl sites for hydroxylation is 1. The number of para-hydroxylation sites is 1. The molecule has 2 aromatic heterocycles. The molecule has 2 aromatic carbocycles. The number of thiazole rings is 1. The molecule has 3 heterocycles. The van der Waals surface area contributed by atoms with Crippen LogP contribution in [-0.4, -0.2) is 36.7 Å². The highest BCUT2D eigenvalue weighted by atomic mass is 32.2. The summed E-state index contributed by atoms with van der Waals surface area (Å²) in [4.78, 5) is 19.8. The molecule has 9 heteroatoms. The summed E-state index contributed by atoms with van der Waals surface area (Å²) in [6.45, 7) is 3.18. The highest BCUT2D eigenvalue weighted by molar-refractivity contribution is 7.89. The van der Waals surface area contributed by atoms with Crippen molar-refractivity contribution in [2.24, 2.45) is 5.92 Å². The molecule has 1 fully saturated rings. The van der Waals surface area contributed by atoms with E-state index in [9.17, 15) is 13.2 Å². The number of nitrogens with one attached hydrogen (secondary N) is 1. The number of carbonyl (C=O) groups is 1. The Morgan fingerprint density at radius 3 is 2.59 bits per heavy atom. The van der Waals surface area contributed by atoms with Crippen LogP contribution >= 0.6 is 22.7 Å². The second-order valence-corrected chi connectivity index (χ2v) is 14.1. The van der Waals surface area contributed by atoms with Gasteiger partial charge in [0.1, 0.15) is 10.0 Å². The van der Waals surface area contributed by atoms with Crippen molar-refractivity contribution >= 4 is 53.8 Å². The molecule has 1 saturated heterocycles. The zero-order valence-electron chi connectivity index (χ0n) is 20.7. The number of hydrogen-bond acceptors (Lipinski definition) is 6. The molecule has 1 aliphatic carbocycles. The molecular weight excluding hydrogens is 523 g/mol. The van der Waals surface area contributed by atoms with Crippen molar-refractivity contribution in [1.29, 1.82) is 0 Å². The molecule has 4 aromatic rings. The van der Waals surface area contributed by atoms with Crippen molar-refractivity contribution in [2.45, 2.75) is 50.3 Å². The third kappa shape index (κ3) is 4.74. The molecule has 6 rings (SSSR count). The lowest BCUT2D eigenvalue weighted by molar-refractivity contribution is 0.102. The normalized spacial score (nSPS) is 18.6. The SMILES string of the molecule is CC1CCCN(S(=O)(=O)c2ccc(C(=O)Nc3sc4c(c3-c3nc5ccccc5s3)CCCC4)cc2)C1. The van der Waals surface area contributed by atoms with Gasteiger partial charge in [0, 0.05) is 29.1 Å². The predicted molar refractivity (Wildman–Crippen MR) is 151 cm³/mol. The first-order valence-corrected chi connectivity index (χ1v) is 15.9. The van der Waals surface area contributed by atoms with E-state index in [4.69, 9.17) is 4.98 Å². The van der Waals surface area contributed by atoms with E-state index in [1.54, 1.807) is 51.2 Å². The van der Waals surface area contributed by atoms with Crippen LogP contribution in [-0.2, 0) is 22.9 Å². The van der Waals surface area contributed by atoms with E-state index in [0.717, 1.165) is 64.3 Å². The van der Waals surface area contributed by atoms with Crippen LogP contribution in [0, 0.1) is 5.92 Å². The Morgan fingerprint density at radius 2 is 1.81 bits per heavy atom. The molecule has 6 nitrogen and oxygen atoms in total. The van der Waals surface area contributed by atoms with Gasteiger partial charge in [-0.15, -0.1) is 22.7 Å². The molecule has 1 N–H and O–H groups in total. The summed E-state index contributed by atoms with van der Waals surface area (Å²) in [7, 11) is -3.56. The van der Waals surface area contributed by atoms with Gasteiger partial charge in [-0.25, -0.2) is 13.4 Å². The van der Waals surface area contributed by atoms with Gasteiger partial charge in [0.2, 0.25) is 10.0 Å². The maximum atomic E-state index is 13.3. The quantitative estimate of drug-likeness (QED) is 0.304. The summed E-state index contributed by atoms with van der Waals surface area (Å²) in [6, 6.07) is 14.4. The molecule has 1 atom stereocenters. The second-order valence-electron chi connectivity index (χ2n) is 9.99. The van der Waals surface area contributed by atoms with Crippen LogP contribution < -0.4 is 5.32 Å². The van der Waals surface area contributed by atoms with E-state index >= 15 is 0 Å². The smallest absolute Gasteiger partial charge is 0.256 e. The molecule has 1 aliphatic heterocycles. The summed E-state index contributed by atoms with van der Waals surface area (Å²) in [5.74, 6) is 0.117. The highest BCUT2D eigenvalue weighted by Crippen LogP contribution is 2.46. The fourth-order valence-electron chi connectivity index (χ4n) is 5.33. The number of carbonyl (C=O) groups excluding carboxylic acids is 1. The molecular formula is C28H29N3O3S3. The Kier molecular flexibility index (Phi) is 6.65. The van der Waals surface area contributed by atoms with Gasteiger partial charge in [-0.3, -0.25) is 4.79 Å². The van der Waals surface area contributed by atoms with Crippen LogP contribution in [0.15, 0.2) is 53.4 Å². The van der Waals surface area contributed by atoms with Gasteiger partial charge < -0.3 is 5.32 Å². The summed E-state index contributed by atoms with van der Waals surface area (Å²) < 4.78 is 28.9. The first-order chi connectivity index (χ1) is 17.9. The molecule has 2 aliphatic rings. The first kappa shape index (κ1) is 24.7. The van der Waals surface area contributed by atoms with Gasteiger partial charge in [0.25, 0.3) is 5.91 Å². The number of anilines is 1. The van der Waals surface area contributed by atoms with Gasteiger partial charge in [-0.05, 0) is 86.4 Å². The molecule has 1 amide bonds. The van der Waals surface area contributed by atoms with Crippen LogP contribution in [0.5, 0.6) is 0 Å². The largest absolute Gasteiger partial charge is 0.313 e. The molecule has 37 heavy (non-hydrogen) atoms. The van der Waals surface area contributed by atoms with Crippen LogP contribution in [0.2, 0.25) is 0 Å². The lowest BCUT2D eigenvalue weighted by atomic mass is 9.95. The monoisotopic (exact) mass is 551 g/mol.